The highest BCUT2D eigenvalue weighted by molar-refractivity contribution is 6.43. The lowest BCUT2D eigenvalue weighted by molar-refractivity contribution is -0.136. The zero-order valence-corrected chi connectivity index (χ0v) is 8.07. The van der Waals surface area contributed by atoms with Gasteiger partial charge in [0.25, 0.3) is 5.91 Å². The van der Waals surface area contributed by atoms with E-state index in [1.807, 2.05) is 13.0 Å². The van der Waals surface area contributed by atoms with Crippen molar-refractivity contribution in [2.75, 3.05) is 11.9 Å². The first-order chi connectivity index (χ1) is 6.61. The molecule has 2 heterocycles. The SMILES string of the molecule is Cc1ccnc2c1CC(=O)C(=O)N2C. The first-order valence-corrected chi connectivity index (χ1v) is 4.36. The Morgan fingerprint density at radius 2 is 2.14 bits per heavy atom. The van der Waals surface area contributed by atoms with Gasteiger partial charge in [0.05, 0.1) is 0 Å². The summed E-state index contributed by atoms with van der Waals surface area (Å²) in [7, 11) is 1.57. The molecule has 0 saturated carbocycles. The van der Waals surface area contributed by atoms with E-state index in [2.05, 4.69) is 4.98 Å². The Kier molecular flexibility index (Phi) is 1.84. The molecule has 1 aliphatic rings. The quantitative estimate of drug-likeness (QED) is 0.559. The number of anilines is 1. The molecule has 0 atom stereocenters. The van der Waals surface area contributed by atoms with Crippen molar-refractivity contribution in [3.8, 4) is 0 Å². The average Bonchev–Trinajstić information content (AvgIpc) is 2.17. The molecule has 0 radical (unpaired) electrons. The maximum Gasteiger partial charge on any atom is 0.295 e. The molecular formula is C10H10N2O2. The van der Waals surface area contributed by atoms with Gasteiger partial charge >= 0.3 is 0 Å². The molecule has 2 rings (SSSR count). The number of fused-ring (bicyclic) bond motifs is 1. The minimum absolute atomic E-state index is 0.179. The monoisotopic (exact) mass is 190 g/mol. The molecular weight excluding hydrogens is 180 g/mol. The Hall–Kier alpha value is -1.71. The van der Waals surface area contributed by atoms with Crippen molar-refractivity contribution in [1.82, 2.24) is 4.98 Å². The van der Waals surface area contributed by atoms with Crippen LogP contribution in [0.3, 0.4) is 0 Å². The molecule has 14 heavy (non-hydrogen) atoms. The van der Waals surface area contributed by atoms with Gasteiger partial charge in [-0.05, 0) is 18.6 Å². The third kappa shape index (κ3) is 1.11. The number of pyridine rings is 1. The summed E-state index contributed by atoms with van der Waals surface area (Å²) in [6.07, 6.45) is 1.83. The van der Waals surface area contributed by atoms with Crippen LogP contribution < -0.4 is 4.90 Å². The Morgan fingerprint density at radius 1 is 1.43 bits per heavy atom. The van der Waals surface area contributed by atoms with Crippen LogP contribution in [-0.4, -0.2) is 23.7 Å². The van der Waals surface area contributed by atoms with Crippen LogP contribution in [0.25, 0.3) is 0 Å². The number of hydrogen-bond acceptors (Lipinski definition) is 3. The number of aryl methyl sites for hydroxylation is 1. The third-order valence-corrected chi connectivity index (χ3v) is 2.47. The highest BCUT2D eigenvalue weighted by Crippen LogP contribution is 2.24. The van der Waals surface area contributed by atoms with E-state index in [0.29, 0.717) is 5.82 Å². The molecule has 72 valence electrons. The zero-order chi connectivity index (χ0) is 10.3. The van der Waals surface area contributed by atoms with E-state index in [9.17, 15) is 9.59 Å². The van der Waals surface area contributed by atoms with E-state index in [1.165, 1.54) is 4.90 Å². The Balaban J connectivity index is 2.61. The van der Waals surface area contributed by atoms with Crippen molar-refractivity contribution in [3.63, 3.8) is 0 Å². The minimum Gasteiger partial charge on any atom is -0.293 e. The standard InChI is InChI=1S/C10H10N2O2/c1-6-3-4-11-9-7(6)5-8(13)10(14)12(9)2/h3-4H,5H2,1-2H3. The summed E-state index contributed by atoms with van der Waals surface area (Å²) in [4.78, 5) is 28.0. The molecule has 4 nitrogen and oxygen atoms in total. The predicted octanol–water partition coefficient (Wildman–Crippen LogP) is 0.478. The largest absolute Gasteiger partial charge is 0.295 e. The number of amides is 1. The number of carbonyl (C=O) groups excluding carboxylic acids is 2. The molecule has 1 aromatic heterocycles. The van der Waals surface area contributed by atoms with Gasteiger partial charge in [0.2, 0.25) is 5.78 Å². The van der Waals surface area contributed by atoms with Crippen LogP contribution in [0.4, 0.5) is 5.82 Å². The lowest BCUT2D eigenvalue weighted by Crippen LogP contribution is -2.39. The van der Waals surface area contributed by atoms with Crippen molar-refractivity contribution in [2.45, 2.75) is 13.3 Å². The summed E-state index contributed by atoms with van der Waals surface area (Å²) < 4.78 is 0. The van der Waals surface area contributed by atoms with Gasteiger partial charge in [0.15, 0.2) is 0 Å². The van der Waals surface area contributed by atoms with Crippen LogP contribution in [0.2, 0.25) is 0 Å². The van der Waals surface area contributed by atoms with Gasteiger partial charge in [-0.15, -0.1) is 0 Å². The summed E-state index contributed by atoms with van der Waals surface area (Å²) in [5.74, 6) is -0.235. The highest BCUT2D eigenvalue weighted by atomic mass is 16.2. The summed E-state index contributed by atoms with van der Waals surface area (Å²) in [5.41, 5.74) is 1.86. The average molecular weight is 190 g/mol. The molecule has 4 heteroatoms. The Bertz CT molecular complexity index is 426. The molecule has 0 spiro atoms. The van der Waals surface area contributed by atoms with E-state index in [-0.39, 0.29) is 12.2 Å². The normalized spacial score (nSPS) is 15.7. The lowest BCUT2D eigenvalue weighted by Gasteiger charge is -2.24. The number of aromatic nitrogens is 1. The van der Waals surface area contributed by atoms with Gasteiger partial charge in [0.1, 0.15) is 5.82 Å². The fourth-order valence-electron chi connectivity index (χ4n) is 1.60. The molecule has 0 aliphatic carbocycles. The Labute approximate surface area is 81.6 Å². The van der Waals surface area contributed by atoms with Crippen LogP contribution in [0.15, 0.2) is 12.3 Å². The molecule has 0 fully saturated rings. The number of likely N-dealkylation sites (N-methyl/N-ethyl adjacent to an activating group) is 1. The van der Waals surface area contributed by atoms with Gasteiger partial charge in [0, 0.05) is 25.2 Å². The van der Waals surface area contributed by atoms with Crippen LogP contribution in [-0.2, 0) is 16.0 Å². The second-order valence-corrected chi connectivity index (χ2v) is 3.39. The number of Topliss-reactive ketones (excluding diaryl/α,β-unsaturated/α-hetero) is 1. The summed E-state index contributed by atoms with van der Waals surface area (Å²) >= 11 is 0. The predicted molar refractivity (Wildman–Crippen MR) is 51.1 cm³/mol. The second kappa shape index (κ2) is 2.90. The summed E-state index contributed by atoms with van der Waals surface area (Å²) in [6.45, 7) is 1.91. The number of carbonyl (C=O) groups is 2. The van der Waals surface area contributed by atoms with Gasteiger partial charge < -0.3 is 0 Å². The first-order valence-electron chi connectivity index (χ1n) is 4.36. The molecule has 0 unspecified atom stereocenters. The van der Waals surface area contributed by atoms with Crippen LogP contribution in [0, 0.1) is 6.92 Å². The fourth-order valence-corrected chi connectivity index (χ4v) is 1.60. The van der Waals surface area contributed by atoms with Crippen LogP contribution >= 0.6 is 0 Å². The number of rotatable bonds is 0. The molecule has 0 bridgehead atoms. The van der Waals surface area contributed by atoms with Gasteiger partial charge in [-0.2, -0.15) is 0 Å². The van der Waals surface area contributed by atoms with E-state index in [1.54, 1.807) is 13.2 Å². The van der Waals surface area contributed by atoms with Crippen molar-refractivity contribution in [2.24, 2.45) is 0 Å². The van der Waals surface area contributed by atoms with Crippen LogP contribution in [0.5, 0.6) is 0 Å². The lowest BCUT2D eigenvalue weighted by atomic mass is 10.00. The third-order valence-electron chi connectivity index (χ3n) is 2.47. The second-order valence-electron chi connectivity index (χ2n) is 3.39. The van der Waals surface area contributed by atoms with Crippen LogP contribution in [0.1, 0.15) is 11.1 Å². The van der Waals surface area contributed by atoms with Gasteiger partial charge in [-0.1, -0.05) is 0 Å². The smallest absolute Gasteiger partial charge is 0.293 e. The molecule has 0 saturated heterocycles. The van der Waals surface area contributed by atoms with Crippen molar-refractivity contribution < 1.29 is 9.59 Å². The molecule has 1 amide bonds. The van der Waals surface area contributed by atoms with Crippen molar-refractivity contribution in [3.05, 3.63) is 23.4 Å². The minimum atomic E-state index is -0.476. The summed E-state index contributed by atoms with van der Waals surface area (Å²) in [5, 5.41) is 0. The topological polar surface area (TPSA) is 50.3 Å². The number of ketones is 1. The van der Waals surface area contributed by atoms with Crippen molar-refractivity contribution >= 4 is 17.5 Å². The maximum atomic E-state index is 11.3. The van der Waals surface area contributed by atoms with E-state index < -0.39 is 5.91 Å². The molecule has 1 aliphatic heterocycles. The zero-order valence-electron chi connectivity index (χ0n) is 8.07. The molecule has 1 aromatic rings. The highest BCUT2D eigenvalue weighted by Gasteiger charge is 2.30. The first kappa shape index (κ1) is 8.87. The Morgan fingerprint density at radius 3 is 2.86 bits per heavy atom. The summed E-state index contributed by atoms with van der Waals surface area (Å²) in [6, 6.07) is 1.84. The number of nitrogens with zero attached hydrogens (tertiary/aromatic N) is 2. The van der Waals surface area contributed by atoms with E-state index in [4.69, 9.17) is 0 Å². The molecule has 0 aromatic carbocycles. The van der Waals surface area contributed by atoms with Crippen molar-refractivity contribution in [1.29, 1.82) is 0 Å². The fraction of sp³-hybridized carbons (Fsp3) is 0.300. The molecule has 0 N–H and O–H groups in total. The van der Waals surface area contributed by atoms with E-state index >= 15 is 0 Å². The van der Waals surface area contributed by atoms with E-state index in [0.717, 1.165) is 11.1 Å². The maximum absolute atomic E-state index is 11.3. The number of hydrogen-bond donors (Lipinski definition) is 0. The van der Waals surface area contributed by atoms with Gasteiger partial charge in [-0.25, -0.2) is 4.98 Å². The van der Waals surface area contributed by atoms with Gasteiger partial charge in [-0.3, -0.25) is 14.5 Å².